The fourth-order valence-corrected chi connectivity index (χ4v) is 21.2. The Balaban J connectivity index is 0.000000186. The van der Waals surface area contributed by atoms with E-state index in [2.05, 4.69) is 491 Å². The Morgan fingerprint density at radius 3 is 1.20 bits per heavy atom. The molecule has 4 N–H and O–H groups in total. The van der Waals surface area contributed by atoms with Crippen LogP contribution in [-0.2, 0) is 58.2 Å². The Labute approximate surface area is 911 Å². The van der Waals surface area contributed by atoms with Gasteiger partial charge in [0.25, 0.3) is 0 Å². The van der Waals surface area contributed by atoms with Gasteiger partial charge in [0.2, 0.25) is 0 Å². The molecule has 0 aromatic heterocycles. The van der Waals surface area contributed by atoms with Crippen molar-refractivity contribution in [1.82, 2.24) is 36.0 Å². The highest BCUT2D eigenvalue weighted by Gasteiger charge is 2.32. The van der Waals surface area contributed by atoms with Crippen molar-refractivity contribution in [2.45, 2.75) is 357 Å². The summed E-state index contributed by atoms with van der Waals surface area (Å²) >= 11 is 0. The lowest BCUT2D eigenvalue weighted by atomic mass is 9.83. The van der Waals surface area contributed by atoms with Gasteiger partial charge in [0, 0.05) is 158 Å². The molecule has 8 aliphatic rings. The summed E-state index contributed by atoms with van der Waals surface area (Å²) in [6, 6.07) is 81.0. The van der Waals surface area contributed by atoms with Gasteiger partial charge in [0.15, 0.2) is 0 Å². The first-order valence-corrected chi connectivity index (χ1v) is 57.8. The maximum absolute atomic E-state index is 5.62. The summed E-state index contributed by atoms with van der Waals surface area (Å²) in [6.45, 7) is 91.7. The van der Waals surface area contributed by atoms with Crippen LogP contribution in [0.4, 0.5) is 22.7 Å². The molecule has 149 heavy (non-hydrogen) atoms. The van der Waals surface area contributed by atoms with Crippen molar-refractivity contribution in [1.29, 1.82) is 0 Å². The van der Waals surface area contributed by atoms with Crippen LogP contribution in [0, 0.1) is 6.92 Å². The summed E-state index contributed by atoms with van der Waals surface area (Å²) in [5.74, 6) is 2.43. The summed E-state index contributed by atoms with van der Waals surface area (Å²) in [6.07, 6.45) is 12.4. The van der Waals surface area contributed by atoms with Gasteiger partial charge in [-0.15, -0.1) is 0 Å². The van der Waals surface area contributed by atoms with Crippen molar-refractivity contribution in [3.05, 3.63) is 290 Å². The topological polar surface area (TPSA) is 98.5 Å². The fraction of sp³-hybridized carbons (Fsp3) is 0.600. The van der Waals surface area contributed by atoms with Gasteiger partial charge in [-0.3, -0.25) is 4.90 Å². The van der Waals surface area contributed by atoms with Gasteiger partial charge < -0.3 is 64.9 Å². The number of ether oxygens (including phenoxy) is 3. The number of anilines is 4. The van der Waals surface area contributed by atoms with Crippen molar-refractivity contribution in [3.8, 4) is 5.75 Å². The molecule has 0 bridgehead atoms. The van der Waals surface area contributed by atoms with E-state index in [0.29, 0.717) is 30.8 Å². The smallest absolute Gasteiger partial charge is 0.119 e. The molecule has 0 amide bonds. The minimum absolute atomic E-state index is 0.183. The third-order valence-electron chi connectivity index (χ3n) is 31.3. The van der Waals surface area contributed by atoms with E-state index in [1.807, 2.05) is 13.1 Å². The number of benzene rings is 9. The van der Waals surface area contributed by atoms with Crippen LogP contribution in [0.15, 0.2) is 212 Å². The largest absolute Gasteiger partial charge is 0.492 e. The van der Waals surface area contributed by atoms with Crippen molar-refractivity contribution in [2.75, 3.05) is 192 Å². The molecule has 4 atom stereocenters. The molecule has 9 aromatic carbocycles. The van der Waals surface area contributed by atoms with Gasteiger partial charge in [-0.1, -0.05) is 345 Å². The lowest BCUT2D eigenvalue weighted by Crippen LogP contribution is -2.44. The number of nitrogens with one attached hydrogen (secondary N) is 4. The quantitative estimate of drug-likeness (QED) is 0.0691. The van der Waals surface area contributed by atoms with Crippen LogP contribution in [0.25, 0.3) is 0 Å². The predicted octanol–water partition coefficient (Wildman–Crippen LogP) is 29.6. The molecule has 14 nitrogen and oxygen atoms in total. The average Bonchev–Trinajstić information content (AvgIpc) is 1.65. The minimum Gasteiger partial charge on any atom is -0.492 e. The SMILES string of the molecule is CC(C)(C)c1cccc(C2CCCN2)c1.CC(C)(C)c1cccc(C2CCNC2)c1.CC(C)(C)c1cccc(N2CCNCC2)c1.CCN(c1cccc(C(C)(C)C)c1)C1CCOCC1.CCN(c1cccc(C(C)(C)C)c1C)C1CCOCC1.CN1CCC(c2cccc(C(C)(C)C)c2)C1.CN1CCCC1c1cccc(C(C)(C)C)c1.CN1CCN(c2cccc(C(C)(C)C)c2)CC1.CNCCOc1cccc(C(C)(C)C)c1. The molecular formula is C135H211N11O3. The maximum Gasteiger partial charge on any atom is 0.119 e. The predicted molar refractivity (Wildman–Crippen MR) is 649 cm³/mol. The lowest BCUT2D eigenvalue weighted by molar-refractivity contribution is 0.0845. The molecule has 9 aromatic rings. The summed E-state index contributed by atoms with van der Waals surface area (Å²) in [7, 11) is 8.58. The molecule has 4 unspecified atom stereocenters. The highest BCUT2D eigenvalue weighted by molar-refractivity contribution is 5.59. The van der Waals surface area contributed by atoms with Crippen LogP contribution in [0.3, 0.4) is 0 Å². The first-order valence-electron chi connectivity index (χ1n) is 57.8. The normalized spacial score (nSPS) is 19.0. The van der Waals surface area contributed by atoms with E-state index < -0.39 is 0 Å². The molecule has 14 heteroatoms. The number of likely N-dealkylation sites (tertiary alicyclic amines) is 2. The second-order valence-electron chi connectivity index (χ2n) is 52.8. The zero-order chi connectivity index (χ0) is 109. The van der Waals surface area contributed by atoms with Gasteiger partial charge in [-0.05, 0) is 332 Å². The highest BCUT2D eigenvalue weighted by Crippen LogP contribution is 2.40. The van der Waals surface area contributed by atoms with Crippen LogP contribution in [0.2, 0.25) is 0 Å². The second-order valence-corrected chi connectivity index (χ2v) is 52.8. The van der Waals surface area contributed by atoms with Crippen molar-refractivity contribution in [3.63, 3.8) is 0 Å². The number of likely N-dealkylation sites (N-methyl/N-ethyl adjacent to an activating group) is 3. The van der Waals surface area contributed by atoms with Gasteiger partial charge in [-0.2, -0.15) is 0 Å². The third kappa shape index (κ3) is 40.5. The van der Waals surface area contributed by atoms with Crippen LogP contribution in [0.5, 0.6) is 5.75 Å². The maximum atomic E-state index is 5.62. The first kappa shape index (κ1) is 124. The van der Waals surface area contributed by atoms with E-state index in [1.165, 1.54) is 185 Å². The van der Waals surface area contributed by atoms with Crippen LogP contribution in [-0.4, -0.2) is 199 Å². The number of rotatable bonds is 16. The van der Waals surface area contributed by atoms with Crippen molar-refractivity contribution < 1.29 is 14.2 Å². The molecular weight excluding hydrogens is 1820 g/mol. The molecule has 8 heterocycles. The molecule has 8 fully saturated rings. The molecule has 0 saturated carbocycles. The van der Waals surface area contributed by atoms with Crippen LogP contribution in [0.1, 0.15) is 367 Å². The molecule has 0 radical (unpaired) electrons. The van der Waals surface area contributed by atoms with Crippen LogP contribution < -0.4 is 45.6 Å². The Hall–Kier alpha value is -8.38. The summed E-state index contributed by atoms with van der Waals surface area (Å²) < 4.78 is 16.6. The standard InChI is InChI=1S/C18H29NO.C17H27NO.C15H24N2.2C15H23N.C14H22N2.2C14H21N.C13H21NO/c1-6-19(15-10-12-20-13-11-15)17-9-7-8-16(14(17)2)18(3,4)5;1-5-18(15-9-11-19-12-10-15)16-8-6-7-14(13-16)17(2,3)4;1-15(2,3)13-6-5-7-14(12-13)17-10-8-16(4)9-11-17;1-15(2,3)13-8-5-7-12(11-13)14-9-6-10-16(14)4;1-15(2,3)14-7-5-6-12(10-14)13-8-9-16(4)11-13;1-14(2,3)12-5-4-6-13(11-12)16-9-7-15-8-10-16;1-14(2,3)12-7-4-6-11(10-12)13-8-5-9-15-13;1-14(2,3)13-6-4-5-11(9-13)12-7-8-15-10-12;1-13(2,3)11-6-5-7-12(10-11)15-9-8-14-4/h7-9,15H,6,10-13H2,1-5H3;6-8,13,15H,5,9-12H2,1-4H3;5-7,12H,8-11H2,1-4H3;5,7-8,11,14H,6,9-10H2,1-4H3;5-7,10,13H,8-9,11H2,1-4H3;4-6,11,15H,7-10H2,1-3H3;4,6-7,10,13,15H,5,8-9H2,1-3H3;4-6,9,12,15H,7-8,10H2,1-3H3;5-7,10,14H,8-9H2,1-4H3. The Morgan fingerprint density at radius 1 is 0.356 bits per heavy atom. The van der Waals surface area contributed by atoms with Crippen LogP contribution >= 0.6 is 0 Å². The summed E-state index contributed by atoms with van der Waals surface area (Å²) in [5, 5.41) is 13.4. The molecule has 0 spiro atoms. The number of hydrogen-bond acceptors (Lipinski definition) is 14. The van der Waals surface area contributed by atoms with E-state index >= 15 is 0 Å². The fourth-order valence-electron chi connectivity index (χ4n) is 21.2. The Kier molecular flexibility index (Phi) is 48.1. The summed E-state index contributed by atoms with van der Waals surface area (Å²) in [4.78, 5) is 17.4. The third-order valence-corrected chi connectivity index (χ3v) is 31.3. The van der Waals surface area contributed by atoms with E-state index in [9.17, 15) is 0 Å². The molecule has 0 aliphatic carbocycles. The number of hydrogen-bond donors (Lipinski definition) is 4. The Bertz CT molecular complexity index is 5220. The second kappa shape index (κ2) is 57.7. The van der Waals surface area contributed by atoms with E-state index in [0.717, 1.165) is 135 Å². The van der Waals surface area contributed by atoms with E-state index in [-0.39, 0.29) is 48.7 Å². The number of piperazine rings is 2. The highest BCUT2D eigenvalue weighted by atomic mass is 16.5. The van der Waals surface area contributed by atoms with Crippen molar-refractivity contribution in [2.24, 2.45) is 0 Å². The van der Waals surface area contributed by atoms with E-state index in [1.54, 1.807) is 0 Å². The van der Waals surface area contributed by atoms with Gasteiger partial charge in [0.05, 0.1) is 0 Å². The van der Waals surface area contributed by atoms with Gasteiger partial charge in [0.1, 0.15) is 12.4 Å². The van der Waals surface area contributed by atoms with Crippen molar-refractivity contribution >= 4 is 22.7 Å². The molecule has 17 rings (SSSR count). The zero-order valence-corrected chi connectivity index (χ0v) is 101. The molecule has 8 aliphatic heterocycles. The molecule has 824 valence electrons. The van der Waals surface area contributed by atoms with E-state index in [4.69, 9.17) is 14.2 Å². The monoisotopic (exact) mass is 2030 g/mol. The lowest BCUT2D eigenvalue weighted by Gasteiger charge is -2.37. The van der Waals surface area contributed by atoms with Gasteiger partial charge in [-0.25, -0.2) is 0 Å². The van der Waals surface area contributed by atoms with Gasteiger partial charge >= 0.3 is 0 Å². The molecule has 8 saturated heterocycles. The summed E-state index contributed by atoms with van der Waals surface area (Å²) in [5.41, 5.74) is 27.9. The first-order chi connectivity index (χ1) is 70.1. The number of nitrogens with zero attached hydrogens (tertiary/aromatic N) is 7. The Morgan fingerprint density at radius 2 is 0.772 bits per heavy atom. The minimum atomic E-state index is 0.183. The zero-order valence-electron chi connectivity index (χ0n) is 101. The average molecular weight is 2040 g/mol.